The molecular weight excluding hydrogens is 925 g/mol. The van der Waals surface area contributed by atoms with E-state index in [1.54, 1.807) is 0 Å². The van der Waals surface area contributed by atoms with E-state index in [4.69, 9.17) is 14.2 Å². The molecule has 0 aliphatic heterocycles. The summed E-state index contributed by atoms with van der Waals surface area (Å²) in [6.45, 7) is 6.26. The second kappa shape index (κ2) is 61.8. The molecule has 0 spiro atoms. The molecule has 0 saturated heterocycles. The lowest BCUT2D eigenvalue weighted by Crippen LogP contribution is -2.30. The molecule has 0 aliphatic carbocycles. The smallest absolute Gasteiger partial charge is 0.306 e. The molecule has 0 fully saturated rings. The summed E-state index contributed by atoms with van der Waals surface area (Å²) in [6.07, 6.45) is 88.4. The SMILES string of the molecule is CC/C=C\C/C=C\C/C=C\C/C=C\C/C=C\C/C=C\CCCCCCCCCCC(=O)OCC(COC(=O)CCCCCCC/C=C\C/C=C\C/C=C\CC)OC(=O)CCCCCCC/C=C\C/C=C\C/C=C\CC. The van der Waals surface area contributed by atoms with Crippen LogP contribution in [0.1, 0.15) is 252 Å². The van der Waals surface area contributed by atoms with Gasteiger partial charge < -0.3 is 14.2 Å². The Morgan fingerprint density at radius 1 is 0.267 bits per heavy atom. The number of carbonyl (C=O) groups is 3. The van der Waals surface area contributed by atoms with Crippen LogP contribution in [0.25, 0.3) is 0 Å². The topological polar surface area (TPSA) is 78.9 Å². The molecule has 75 heavy (non-hydrogen) atoms. The number of hydrogen-bond donors (Lipinski definition) is 0. The first kappa shape index (κ1) is 70.3. The Kier molecular flexibility index (Phi) is 58.0. The van der Waals surface area contributed by atoms with Gasteiger partial charge >= 0.3 is 17.9 Å². The highest BCUT2D eigenvalue weighted by Crippen LogP contribution is 2.14. The van der Waals surface area contributed by atoms with E-state index in [2.05, 4.69) is 167 Å². The lowest BCUT2D eigenvalue weighted by Gasteiger charge is -2.18. The second-order valence-corrected chi connectivity index (χ2v) is 19.5. The van der Waals surface area contributed by atoms with Crippen molar-refractivity contribution in [1.29, 1.82) is 0 Å². The van der Waals surface area contributed by atoms with Crippen molar-refractivity contribution in [3.05, 3.63) is 146 Å². The van der Waals surface area contributed by atoms with E-state index in [9.17, 15) is 14.4 Å². The number of unbranched alkanes of at least 4 members (excludes halogenated alkanes) is 18. The van der Waals surface area contributed by atoms with Crippen molar-refractivity contribution < 1.29 is 28.6 Å². The van der Waals surface area contributed by atoms with Crippen LogP contribution in [0.2, 0.25) is 0 Å². The Morgan fingerprint density at radius 2 is 0.480 bits per heavy atom. The minimum atomic E-state index is -0.805. The third-order valence-electron chi connectivity index (χ3n) is 12.3. The fourth-order valence-corrected chi connectivity index (χ4v) is 7.89. The summed E-state index contributed by atoms with van der Waals surface area (Å²) in [4.78, 5) is 38.2. The third kappa shape index (κ3) is 60.0. The molecule has 0 amide bonds. The number of ether oxygens (including phenoxy) is 3. The largest absolute Gasteiger partial charge is 0.462 e. The summed E-state index contributed by atoms with van der Waals surface area (Å²) in [5.41, 5.74) is 0. The van der Waals surface area contributed by atoms with Gasteiger partial charge in [-0.2, -0.15) is 0 Å². The zero-order valence-electron chi connectivity index (χ0n) is 48.3. The van der Waals surface area contributed by atoms with Crippen molar-refractivity contribution in [2.45, 2.75) is 258 Å². The van der Waals surface area contributed by atoms with Crippen LogP contribution in [0.15, 0.2) is 146 Å². The summed E-state index contributed by atoms with van der Waals surface area (Å²) in [7, 11) is 0. The first-order valence-corrected chi connectivity index (χ1v) is 30.3. The highest BCUT2D eigenvalue weighted by molar-refractivity contribution is 5.71. The Bertz CT molecular complexity index is 1660. The fourth-order valence-electron chi connectivity index (χ4n) is 7.89. The molecule has 1 atom stereocenters. The maximum atomic E-state index is 12.9. The quantitative estimate of drug-likeness (QED) is 0.0261. The van der Waals surface area contributed by atoms with E-state index in [1.807, 2.05) is 0 Å². The van der Waals surface area contributed by atoms with Gasteiger partial charge in [0, 0.05) is 19.3 Å². The Labute approximate surface area is 461 Å². The number of carbonyl (C=O) groups excluding carboxylic acids is 3. The average molecular weight is 1040 g/mol. The average Bonchev–Trinajstić information content (AvgIpc) is 3.41. The van der Waals surface area contributed by atoms with Gasteiger partial charge in [0.2, 0.25) is 0 Å². The molecule has 6 heteroatoms. The maximum Gasteiger partial charge on any atom is 0.306 e. The summed E-state index contributed by atoms with van der Waals surface area (Å²) >= 11 is 0. The van der Waals surface area contributed by atoms with E-state index in [-0.39, 0.29) is 31.1 Å². The van der Waals surface area contributed by atoms with E-state index in [0.717, 1.165) is 180 Å². The van der Waals surface area contributed by atoms with Gasteiger partial charge in [-0.3, -0.25) is 14.4 Å². The molecule has 0 saturated carbocycles. The van der Waals surface area contributed by atoms with E-state index >= 15 is 0 Å². The minimum absolute atomic E-state index is 0.101. The van der Waals surface area contributed by atoms with Gasteiger partial charge in [0.15, 0.2) is 6.10 Å². The first-order valence-electron chi connectivity index (χ1n) is 30.3. The van der Waals surface area contributed by atoms with Gasteiger partial charge in [0.1, 0.15) is 13.2 Å². The number of allylic oxidation sites excluding steroid dienone is 24. The molecule has 0 bridgehead atoms. The lowest BCUT2D eigenvalue weighted by atomic mass is 10.1. The minimum Gasteiger partial charge on any atom is -0.462 e. The molecule has 0 radical (unpaired) electrons. The van der Waals surface area contributed by atoms with Gasteiger partial charge in [-0.25, -0.2) is 0 Å². The van der Waals surface area contributed by atoms with Gasteiger partial charge in [-0.05, 0) is 135 Å². The third-order valence-corrected chi connectivity index (χ3v) is 12.3. The summed E-state index contributed by atoms with van der Waals surface area (Å²) < 4.78 is 16.9. The van der Waals surface area contributed by atoms with E-state index < -0.39 is 6.10 Å². The highest BCUT2D eigenvalue weighted by Gasteiger charge is 2.19. The van der Waals surface area contributed by atoms with Gasteiger partial charge in [0.25, 0.3) is 0 Å². The van der Waals surface area contributed by atoms with Crippen LogP contribution >= 0.6 is 0 Å². The van der Waals surface area contributed by atoms with Gasteiger partial charge in [0.05, 0.1) is 0 Å². The molecule has 0 aromatic carbocycles. The first-order chi connectivity index (χ1) is 37.0. The Hall–Kier alpha value is -4.71. The zero-order valence-corrected chi connectivity index (χ0v) is 48.3. The van der Waals surface area contributed by atoms with Crippen LogP contribution in [0.4, 0.5) is 0 Å². The Balaban J connectivity index is 4.39. The van der Waals surface area contributed by atoms with Crippen molar-refractivity contribution in [3.63, 3.8) is 0 Å². The van der Waals surface area contributed by atoms with Crippen LogP contribution in [0.5, 0.6) is 0 Å². The van der Waals surface area contributed by atoms with Gasteiger partial charge in [-0.1, -0.05) is 244 Å². The van der Waals surface area contributed by atoms with Gasteiger partial charge in [-0.15, -0.1) is 0 Å². The molecule has 0 aromatic rings. The molecule has 422 valence electrons. The summed E-state index contributed by atoms with van der Waals surface area (Å²) in [5.74, 6) is -0.946. The van der Waals surface area contributed by atoms with Crippen LogP contribution in [0, 0.1) is 0 Å². The maximum absolute atomic E-state index is 12.9. The Morgan fingerprint density at radius 3 is 0.747 bits per heavy atom. The van der Waals surface area contributed by atoms with Crippen LogP contribution in [-0.4, -0.2) is 37.2 Å². The molecule has 0 aliphatic rings. The van der Waals surface area contributed by atoms with Crippen molar-refractivity contribution in [2.24, 2.45) is 0 Å². The monoisotopic (exact) mass is 1030 g/mol. The molecule has 1 unspecified atom stereocenters. The number of hydrogen-bond acceptors (Lipinski definition) is 6. The van der Waals surface area contributed by atoms with Crippen LogP contribution in [0.3, 0.4) is 0 Å². The van der Waals surface area contributed by atoms with Crippen molar-refractivity contribution in [3.8, 4) is 0 Å². The fraction of sp³-hybridized carbons (Fsp3) is 0.609. The second-order valence-electron chi connectivity index (χ2n) is 19.5. The van der Waals surface area contributed by atoms with Crippen LogP contribution in [-0.2, 0) is 28.6 Å². The normalized spacial score (nSPS) is 13.2. The lowest BCUT2D eigenvalue weighted by molar-refractivity contribution is -0.167. The highest BCUT2D eigenvalue weighted by atomic mass is 16.6. The zero-order chi connectivity index (χ0) is 54.3. The molecule has 6 nitrogen and oxygen atoms in total. The molecular formula is C69H110O6. The van der Waals surface area contributed by atoms with E-state index in [0.29, 0.717) is 19.3 Å². The molecule has 0 N–H and O–H groups in total. The molecule has 0 heterocycles. The summed E-state index contributed by atoms with van der Waals surface area (Å²) in [6, 6.07) is 0. The predicted molar refractivity (Wildman–Crippen MR) is 325 cm³/mol. The standard InChI is InChI=1S/C69H110O6/c1-4-7-10-13-16-19-22-25-28-29-30-31-32-33-34-35-36-37-38-39-42-44-47-50-53-56-59-62-68(71)74-65-66(75-69(72)63-60-57-54-51-48-45-41-27-24-21-18-15-12-9-6-3)64-73-67(70)61-58-55-52-49-46-43-40-26-23-20-17-14-11-8-5-2/h7-12,16-21,25-28,30-31,33-34,36-37,40-41,66H,4-6,13-15,22-24,29,32,35,38-39,42-65H2,1-3H3/b10-7-,11-8-,12-9-,19-16-,20-17-,21-18-,28-25-,31-30-,34-33-,37-36-,40-26-,41-27-. The number of rotatable bonds is 53. The van der Waals surface area contributed by atoms with Crippen molar-refractivity contribution in [2.75, 3.05) is 13.2 Å². The van der Waals surface area contributed by atoms with Crippen molar-refractivity contribution in [1.82, 2.24) is 0 Å². The molecule has 0 rings (SSSR count). The predicted octanol–water partition coefficient (Wildman–Crippen LogP) is 20.8. The summed E-state index contributed by atoms with van der Waals surface area (Å²) in [5, 5.41) is 0. The number of esters is 3. The van der Waals surface area contributed by atoms with Crippen molar-refractivity contribution >= 4 is 17.9 Å². The van der Waals surface area contributed by atoms with E-state index in [1.165, 1.54) is 32.1 Å². The molecule has 0 aromatic heterocycles. The van der Waals surface area contributed by atoms with Crippen LogP contribution < -0.4 is 0 Å².